The third-order valence-corrected chi connectivity index (χ3v) is 4.47. The Labute approximate surface area is 159 Å². The van der Waals surface area contributed by atoms with Gasteiger partial charge in [0.25, 0.3) is 5.69 Å². The van der Waals surface area contributed by atoms with E-state index in [4.69, 9.17) is 25.5 Å². The second-order valence-corrected chi connectivity index (χ2v) is 6.17. The van der Waals surface area contributed by atoms with Crippen molar-refractivity contribution >= 4 is 28.3 Å². The van der Waals surface area contributed by atoms with E-state index in [0.29, 0.717) is 33.7 Å². The molecule has 0 spiro atoms. The number of hydrogen-bond acceptors (Lipinski definition) is 6. The van der Waals surface area contributed by atoms with Gasteiger partial charge in [-0.05, 0) is 30.2 Å². The second kappa shape index (κ2) is 7.67. The van der Waals surface area contributed by atoms with Crippen molar-refractivity contribution in [3.05, 3.63) is 73.1 Å². The minimum Gasteiger partial charge on any atom is -0.493 e. The zero-order chi connectivity index (χ0) is 19.6. The summed E-state index contributed by atoms with van der Waals surface area (Å²) in [6.07, 6.45) is 0.708. The van der Waals surface area contributed by atoms with Gasteiger partial charge >= 0.3 is 5.63 Å². The predicted molar refractivity (Wildman–Crippen MR) is 101 cm³/mol. The molecule has 3 aromatic rings. The predicted octanol–water partition coefficient (Wildman–Crippen LogP) is 4.50. The van der Waals surface area contributed by atoms with E-state index in [1.54, 1.807) is 12.1 Å². The van der Waals surface area contributed by atoms with Gasteiger partial charge in [0.15, 0.2) is 11.5 Å². The van der Waals surface area contributed by atoms with Crippen molar-refractivity contribution in [2.75, 3.05) is 7.11 Å². The molecule has 0 aliphatic rings. The lowest BCUT2D eigenvalue weighted by Crippen LogP contribution is -2.05. The quantitative estimate of drug-likeness (QED) is 0.350. The number of ether oxygens (including phenoxy) is 2. The van der Waals surface area contributed by atoms with E-state index in [2.05, 4.69) is 0 Å². The van der Waals surface area contributed by atoms with Crippen LogP contribution in [0.2, 0.25) is 5.02 Å². The zero-order valence-electron chi connectivity index (χ0n) is 14.7. The molecule has 140 valence electrons. The molecule has 0 aliphatic heterocycles. The van der Waals surface area contributed by atoms with Gasteiger partial charge < -0.3 is 13.9 Å². The van der Waals surface area contributed by atoms with Crippen molar-refractivity contribution in [3.63, 3.8) is 0 Å². The minimum atomic E-state index is -0.518. The number of nitro groups is 1. The number of benzene rings is 2. The number of nitro benzene ring substituents is 1. The molecule has 0 fully saturated rings. The smallest absolute Gasteiger partial charge is 0.336 e. The molecule has 0 aliphatic carbocycles. The van der Waals surface area contributed by atoms with Crippen LogP contribution in [0.5, 0.6) is 11.5 Å². The lowest BCUT2D eigenvalue weighted by Gasteiger charge is -2.12. The molecule has 0 atom stereocenters. The fourth-order valence-electron chi connectivity index (χ4n) is 2.72. The highest BCUT2D eigenvalue weighted by Crippen LogP contribution is 2.32. The number of methoxy groups -OCH3 is 1. The first kappa shape index (κ1) is 18.7. The molecular formula is C19H16ClNO6. The Morgan fingerprint density at radius 1 is 1.15 bits per heavy atom. The topological polar surface area (TPSA) is 91.8 Å². The molecular weight excluding hydrogens is 374 g/mol. The number of rotatable bonds is 6. The summed E-state index contributed by atoms with van der Waals surface area (Å²) in [4.78, 5) is 22.2. The molecule has 1 heterocycles. The number of aryl methyl sites for hydroxylation is 1. The van der Waals surface area contributed by atoms with E-state index in [0.717, 1.165) is 5.56 Å². The Balaban J connectivity index is 1.97. The van der Waals surface area contributed by atoms with Crippen molar-refractivity contribution in [1.29, 1.82) is 0 Å². The van der Waals surface area contributed by atoms with E-state index in [1.165, 1.54) is 31.4 Å². The van der Waals surface area contributed by atoms with Crippen LogP contribution >= 0.6 is 11.6 Å². The summed E-state index contributed by atoms with van der Waals surface area (Å²) >= 11 is 6.28. The lowest BCUT2D eigenvalue weighted by molar-refractivity contribution is -0.385. The molecule has 8 heteroatoms. The summed E-state index contributed by atoms with van der Waals surface area (Å²) in [7, 11) is 1.39. The Morgan fingerprint density at radius 3 is 2.59 bits per heavy atom. The van der Waals surface area contributed by atoms with E-state index >= 15 is 0 Å². The average molecular weight is 390 g/mol. The van der Waals surface area contributed by atoms with Crippen LogP contribution in [0, 0.1) is 10.1 Å². The minimum absolute atomic E-state index is 0.0398. The van der Waals surface area contributed by atoms with Crippen LogP contribution in [-0.2, 0) is 13.0 Å². The molecule has 27 heavy (non-hydrogen) atoms. The highest BCUT2D eigenvalue weighted by Gasteiger charge is 2.14. The number of hydrogen-bond donors (Lipinski definition) is 0. The molecule has 1 aromatic heterocycles. The fourth-order valence-corrected chi connectivity index (χ4v) is 3.02. The Bertz CT molecular complexity index is 1080. The summed E-state index contributed by atoms with van der Waals surface area (Å²) in [6, 6.07) is 8.87. The third-order valence-electron chi connectivity index (χ3n) is 4.12. The lowest BCUT2D eigenvalue weighted by atomic mass is 10.1. The summed E-state index contributed by atoms with van der Waals surface area (Å²) in [5.74, 6) is 0.545. The van der Waals surface area contributed by atoms with Crippen LogP contribution in [-0.4, -0.2) is 12.0 Å². The fraction of sp³-hybridized carbons (Fsp3) is 0.211. The normalized spacial score (nSPS) is 10.8. The summed E-state index contributed by atoms with van der Waals surface area (Å²) in [5.41, 5.74) is 1.29. The van der Waals surface area contributed by atoms with E-state index < -0.39 is 10.5 Å². The van der Waals surface area contributed by atoms with Gasteiger partial charge in [-0.2, -0.15) is 0 Å². The first-order valence-electron chi connectivity index (χ1n) is 8.13. The third kappa shape index (κ3) is 3.88. The zero-order valence-corrected chi connectivity index (χ0v) is 15.4. The monoisotopic (exact) mass is 389 g/mol. The van der Waals surface area contributed by atoms with Crippen LogP contribution in [0.25, 0.3) is 11.0 Å². The summed E-state index contributed by atoms with van der Waals surface area (Å²) in [6.45, 7) is 2.00. The van der Waals surface area contributed by atoms with Crippen LogP contribution in [0.15, 0.2) is 45.6 Å². The summed E-state index contributed by atoms with van der Waals surface area (Å²) in [5, 5.41) is 12.1. The van der Waals surface area contributed by atoms with Gasteiger partial charge in [-0.15, -0.1) is 0 Å². The van der Waals surface area contributed by atoms with Crippen molar-refractivity contribution in [3.8, 4) is 11.5 Å². The van der Waals surface area contributed by atoms with Crippen molar-refractivity contribution < 1.29 is 18.8 Å². The Hall–Kier alpha value is -3.06. The molecule has 2 aromatic carbocycles. The molecule has 0 radical (unpaired) electrons. The van der Waals surface area contributed by atoms with Gasteiger partial charge in [0, 0.05) is 28.1 Å². The highest BCUT2D eigenvalue weighted by atomic mass is 35.5. The first-order valence-corrected chi connectivity index (χ1v) is 8.51. The second-order valence-electron chi connectivity index (χ2n) is 5.76. The van der Waals surface area contributed by atoms with E-state index in [9.17, 15) is 14.9 Å². The Morgan fingerprint density at radius 2 is 1.93 bits per heavy atom. The van der Waals surface area contributed by atoms with Crippen LogP contribution < -0.4 is 15.1 Å². The number of non-ortho nitro benzene ring substituents is 1. The molecule has 0 N–H and O–H groups in total. The summed E-state index contributed by atoms with van der Waals surface area (Å²) < 4.78 is 16.2. The maximum absolute atomic E-state index is 11.9. The van der Waals surface area contributed by atoms with E-state index in [-0.39, 0.29) is 18.0 Å². The van der Waals surface area contributed by atoms with Crippen LogP contribution in [0.1, 0.15) is 18.1 Å². The van der Waals surface area contributed by atoms with Gasteiger partial charge in [0.1, 0.15) is 12.2 Å². The van der Waals surface area contributed by atoms with Crippen molar-refractivity contribution in [2.24, 2.45) is 0 Å². The van der Waals surface area contributed by atoms with E-state index in [1.807, 2.05) is 6.92 Å². The average Bonchev–Trinajstić information content (AvgIpc) is 2.65. The van der Waals surface area contributed by atoms with Crippen molar-refractivity contribution in [1.82, 2.24) is 0 Å². The van der Waals surface area contributed by atoms with Gasteiger partial charge in [0.2, 0.25) is 0 Å². The highest BCUT2D eigenvalue weighted by molar-refractivity contribution is 6.32. The standard InChI is InChI=1S/C19H16ClNO6/c1-3-11-6-17-14(9-15(11)20)12(7-19(22)27-17)10-26-16-5-4-13(21(23)24)8-18(16)25-2/h4-9H,3,10H2,1-2H3. The largest absolute Gasteiger partial charge is 0.493 e. The molecule has 0 saturated heterocycles. The molecule has 7 nitrogen and oxygen atoms in total. The maximum atomic E-state index is 11.9. The van der Waals surface area contributed by atoms with Crippen LogP contribution in [0.4, 0.5) is 5.69 Å². The maximum Gasteiger partial charge on any atom is 0.336 e. The molecule has 0 bridgehead atoms. The van der Waals surface area contributed by atoms with Gasteiger partial charge in [-0.3, -0.25) is 10.1 Å². The number of halogens is 1. The van der Waals surface area contributed by atoms with Crippen LogP contribution in [0.3, 0.4) is 0 Å². The molecule has 0 saturated carbocycles. The van der Waals surface area contributed by atoms with Gasteiger partial charge in [-0.1, -0.05) is 18.5 Å². The molecule has 0 unspecified atom stereocenters. The molecule has 0 amide bonds. The molecule has 3 rings (SSSR count). The van der Waals surface area contributed by atoms with Gasteiger partial charge in [0.05, 0.1) is 18.1 Å². The number of fused-ring (bicyclic) bond motifs is 1. The Kier molecular flexibility index (Phi) is 5.32. The van der Waals surface area contributed by atoms with Crippen molar-refractivity contribution in [2.45, 2.75) is 20.0 Å². The van der Waals surface area contributed by atoms with Gasteiger partial charge in [-0.25, -0.2) is 4.79 Å². The first-order chi connectivity index (χ1) is 12.9. The SMILES string of the molecule is CCc1cc2oc(=O)cc(COc3ccc([N+](=O)[O-])cc3OC)c2cc1Cl. The number of nitrogens with zero attached hydrogens (tertiary/aromatic N) is 1.